The fourth-order valence-corrected chi connectivity index (χ4v) is 2.21. The molecule has 0 aliphatic carbocycles. The number of hydrogen-bond donors (Lipinski definition) is 1. The zero-order chi connectivity index (χ0) is 7.68. The minimum absolute atomic E-state index is 0.947. The molecule has 2 aliphatic rings. The molecule has 64 valence electrons. The minimum Gasteiger partial charge on any atom is -0.316 e. The van der Waals surface area contributed by atoms with Gasteiger partial charge in [0, 0.05) is 19.6 Å². The lowest BCUT2D eigenvalue weighted by Gasteiger charge is -2.38. The van der Waals surface area contributed by atoms with E-state index in [2.05, 4.69) is 17.1 Å². The van der Waals surface area contributed by atoms with Crippen molar-refractivity contribution in [3.8, 4) is 0 Å². The van der Waals surface area contributed by atoms with E-state index in [0.29, 0.717) is 0 Å². The molecule has 2 rings (SSSR count). The van der Waals surface area contributed by atoms with Crippen molar-refractivity contribution in [3.63, 3.8) is 0 Å². The monoisotopic (exact) mass is 154 g/mol. The Kier molecular flexibility index (Phi) is 2.14. The summed E-state index contributed by atoms with van der Waals surface area (Å²) in [5.41, 5.74) is 0. The van der Waals surface area contributed by atoms with Crippen LogP contribution in [-0.4, -0.2) is 37.6 Å². The molecule has 1 unspecified atom stereocenters. The molecule has 1 atom stereocenters. The number of rotatable bonds is 2. The summed E-state index contributed by atoms with van der Waals surface area (Å²) in [4.78, 5) is 2.59. The average molecular weight is 154 g/mol. The maximum Gasteiger partial charge on any atom is 0.00225 e. The van der Waals surface area contributed by atoms with E-state index in [1.54, 1.807) is 0 Å². The first kappa shape index (κ1) is 7.56. The Morgan fingerprint density at radius 2 is 2.27 bits per heavy atom. The van der Waals surface area contributed by atoms with Crippen LogP contribution in [0.25, 0.3) is 0 Å². The third kappa shape index (κ3) is 1.74. The Balaban J connectivity index is 1.66. The average Bonchev–Trinajstić information content (AvgIpc) is 2.36. The van der Waals surface area contributed by atoms with E-state index in [9.17, 15) is 0 Å². The molecule has 0 aromatic carbocycles. The van der Waals surface area contributed by atoms with Gasteiger partial charge < -0.3 is 10.2 Å². The smallest absolute Gasteiger partial charge is 0.00225 e. The number of likely N-dealkylation sites (tertiary alicyclic amines) is 1. The van der Waals surface area contributed by atoms with Crippen LogP contribution in [0, 0.1) is 11.8 Å². The predicted molar refractivity (Wildman–Crippen MR) is 46.6 cm³/mol. The lowest BCUT2D eigenvalue weighted by molar-refractivity contribution is 0.0957. The first-order chi connectivity index (χ1) is 5.34. The lowest BCUT2D eigenvalue weighted by Crippen LogP contribution is -2.47. The molecular formula is C9H18N2. The van der Waals surface area contributed by atoms with E-state index in [0.717, 1.165) is 11.8 Å². The molecule has 0 radical (unpaired) electrons. The normalized spacial score (nSPS) is 34.1. The van der Waals surface area contributed by atoms with E-state index >= 15 is 0 Å². The van der Waals surface area contributed by atoms with E-state index in [-0.39, 0.29) is 0 Å². The summed E-state index contributed by atoms with van der Waals surface area (Å²) < 4.78 is 0. The third-order valence-corrected chi connectivity index (χ3v) is 2.82. The van der Waals surface area contributed by atoms with Gasteiger partial charge in [-0.25, -0.2) is 0 Å². The highest BCUT2D eigenvalue weighted by Gasteiger charge is 2.25. The van der Waals surface area contributed by atoms with Gasteiger partial charge in [0.15, 0.2) is 0 Å². The second-order valence-corrected chi connectivity index (χ2v) is 4.18. The highest BCUT2D eigenvalue weighted by molar-refractivity contribution is 4.81. The van der Waals surface area contributed by atoms with Crippen LogP contribution in [-0.2, 0) is 0 Å². The molecule has 0 bridgehead atoms. The van der Waals surface area contributed by atoms with E-state index in [1.165, 1.54) is 39.1 Å². The molecule has 0 aromatic heterocycles. The van der Waals surface area contributed by atoms with Gasteiger partial charge in [-0.3, -0.25) is 0 Å². The molecular weight excluding hydrogens is 136 g/mol. The zero-order valence-electron chi connectivity index (χ0n) is 7.34. The second-order valence-electron chi connectivity index (χ2n) is 4.18. The van der Waals surface area contributed by atoms with Crippen molar-refractivity contribution in [2.45, 2.75) is 13.3 Å². The van der Waals surface area contributed by atoms with Gasteiger partial charge >= 0.3 is 0 Å². The summed E-state index contributed by atoms with van der Waals surface area (Å²) in [6.45, 7) is 8.87. The van der Waals surface area contributed by atoms with Crippen molar-refractivity contribution in [2.24, 2.45) is 11.8 Å². The van der Waals surface area contributed by atoms with Crippen LogP contribution in [0.5, 0.6) is 0 Å². The van der Waals surface area contributed by atoms with Crippen LogP contribution >= 0.6 is 0 Å². The van der Waals surface area contributed by atoms with Gasteiger partial charge in [-0.2, -0.15) is 0 Å². The van der Waals surface area contributed by atoms with Gasteiger partial charge in [-0.1, -0.05) is 6.92 Å². The topological polar surface area (TPSA) is 15.3 Å². The Morgan fingerprint density at radius 1 is 1.45 bits per heavy atom. The highest BCUT2D eigenvalue weighted by Crippen LogP contribution is 2.18. The maximum atomic E-state index is 3.41. The Labute approximate surface area is 69.0 Å². The molecule has 2 heterocycles. The van der Waals surface area contributed by atoms with Crippen molar-refractivity contribution < 1.29 is 0 Å². The summed E-state index contributed by atoms with van der Waals surface area (Å²) in [5.74, 6) is 1.91. The van der Waals surface area contributed by atoms with E-state index < -0.39 is 0 Å². The maximum absolute atomic E-state index is 3.41. The fraction of sp³-hybridized carbons (Fsp3) is 1.00. The zero-order valence-corrected chi connectivity index (χ0v) is 7.34. The van der Waals surface area contributed by atoms with Crippen LogP contribution in [0.2, 0.25) is 0 Å². The van der Waals surface area contributed by atoms with Crippen molar-refractivity contribution >= 4 is 0 Å². The highest BCUT2D eigenvalue weighted by atomic mass is 15.2. The molecule has 2 fully saturated rings. The van der Waals surface area contributed by atoms with Crippen LogP contribution in [0.3, 0.4) is 0 Å². The quantitative estimate of drug-likeness (QED) is 0.625. The van der Waals surface area contributed by atoms with E-state index in [1.807, 2.05) is 0 Å². The number of nitrogens with zero attached hydrogens (tertiary/aromatic N) is 1. The van der Waals surface area contributed by atoms with Crippen LogP contribution in [0.15, 0.2) is 0 Å². The molecule has 2 nitrogen and oxygen atoms in total. The Bertz CT molecular complexity index is 124. The Hall–Kier alpha value is -0.0800. The first-order valence-corrected chi connectivity index (χ1v) is 4.77. The van der Waals surface area contributed by atoms with Gasteiger partial charge in [-0.05, 0) is 31.3 Å². The molecule has 0 aromatic rings. The summed E-state index contributed by atoms with van der Waals surface area (Å²) in [6.07, 6.45) is 1.39. The summed E-state index contributed by atoms with van der Waals surface area (Å²) in [6, 6.07) is 0. The van der Waals surface area contributed by atoms with Gasteiger partial charge in [0.2, 0.25) is 0 Å². The molecule has 0 amide bonds. The molecule has 0 saturated carbocycles. The predicted octanol–water partition coefficient (Wildman–Crippen LogP) is 0.548. The first-order valence-electron chi connectivity index (χ1n) is 4.77. The molecule has 2 aliphatic heterocycles. The minimum atomic E-state index is 0.947. The van der Waals surface area contributed by atoms with Gasteiger partial charge in [0.1, 0.15) is 0 Å². The SMILES string of the molecule is CC1CN(CC2CCNC2)C1. The molecule has 0 spiro atoms. The number of nitrogens with one attached hydrogen (secondary N) is 1. The third-order valence-electron chi connectivity index (χ3n) is 2.82. The van der Waals surface area contributed by atoms with Crippen molar-refractivity contribution in [3.05, 3.63) is 0 Å². The van der Waals surface area contributed by atoms with Gasteiger partial charge in [-0.15, -0.1) is 0 Å². The van der Waals surface area contributed by atoms with Crippen LogP contribution in [0.4, 0.5) is 0 Å². The number of hydrogen-bond acceptors (Lipinski definition) is 2. The summed E-state index contributed by atoms with van der Waals surface area (Å²) in [7, 11) is 0. The van der Waals surface area contributed by atoms with Gasteiger partial charge in [0.05, 0.1) is 0 Å². The van der Waals surface area contributed by atoms with Crippen molar-refractivity contribution in [1.82, 2.24) is 10.2 Å². The van der Waals surface area contributed by atoms with Crippen LogP contribution < -0.4 is 5.32 Å². The Morgan fingerprint density at radius 3 is 2.82 bits per heavy atom. The van der Waals surface area contributed by atoms with Crippen molar-refractivity contribution in [2.75, 3.05) is 32.7 Å². The van der Waals surface area contributed by atoms with Gasteiger partial charge in [0.25, 0.3) is 0 Å². The molecule has 2 saturated heterocycles. The summed E-state index contributed by atoms with van der Waals surface area (Å²) >= 11 is 0. The molecule has 2 heteroatoms. The van der Waals surface area contributed by atoms with E-state index in [4.69, 9.17) is 0 Å². The fourth-order valence-electron chi connectivity index (χ4n) is 2.21. The standard InChI is InChI=1S/C9H18N2/c1-8-5-11(6-8)7-9-2-3-10-4-9/h8-10H,2-7H2,1H3. The molecule has 1 N–H and O–H groups in total. The van der Waals surface area contributed by atoms with Crippen LogP contribution in [0.1, 0.15) is 13.3 Å². The summed E-state index contributed by atoms with van der Waals surface area (Å²) in [5, 5.41) is 3.41. The van der Waals surface area contributed by atoms with Crippen molar-refractivity contribution in [1.29, 1.82) is 0 Å². The molecule has 11 heavy (non-hydrogen) atoms. The second kappa shape index (κ2) is 3.11. The largest absolute Gasteiger partial charge is 0.316 e. The lowest BCUT2D eigenvalue weighted by atomic mass is 9.99.